The first kappa shape index (κ1) is 14.9. The number of aliphatic carboxylic acids is 1. The SMILES string of the molecule is CC(C)(F)c1ccc2nccc(C(=O)NCC(=O)O)c2c1. The number of carboxylic acids is 1. The monoisotopic (exact) mass is 290 g/mol. The first-order valence-electron chi connectivity index (χ1n) is 6.37. The second kappa shape index (κ2) is 5.47. The maximum atomic E-state index is 14.0. The molecule has 0 saturated heterocycles. The number of benzene rings is 1. The highest BCUT2D eigenvalue weighted by Gasteiger charge is 2.20. The van der Waals surface area contributed by atoms with Crippen LogP contribution in [0.1, 0.15) is 29.8 Å². The Balaban J connectivity index is 2.48. The van der Waals surface area contributed by atoms with Crippen molar-refractivity contribution in [3.63, 3.8) is 0 Å². The number of carbonyl (C=O) groups is 2. The van der Waals surface area contributed by atoms with E-state index in [4.69, 9.17) is 5.11 Å². The Bertz CT molecular complexity index is 708. The number of nitrogens with zero attached hydrogens (tertiary/aromatic N) is 1. The topological polar surface area (TPSA) is 79.3 Å². The molecule has 1 aromatic carbocycles. The van der Waals surface area contributed by atoms with E-state index in [-0.39, 0.29) is 5.56 Å². The van der Waals surface area contributed by atoms with Gasteiger partial charge in [0.15, 0.2) is 0 Å². The number of pyridine rings is 1. The zero-order valence-corrected chi connectivity index (χ0v) is 11.7. The molecule has 0 radical (unpaired) electrons. The van der Waals surface area contributed by atoms with Gasteiger partial charge in [0.2, 0.25) is 0 Å². The van der Waals surface area contributed by atoms with Crippen LogP contribution in [0.2, 0.25) is 0 Å². The number of aromatic nitrogens is 1. The van der Waals surface area contributed by atoms with E-state index < -0.39 is 24.1 Å². The van der Waals surface area contributed by atoms with Gasteiger partial charge < -0.3 is 10.4 Å². The van der Waals surface area contributed by atoms with Crippen LogP contribution in [0, 0.1) is 0 Å². The van der Waals surface area contributed by atoms with E-state index in [1.54, 1.807) is 18.2 Å². The lowest BCUT2D eigenvalue weighted by atomic mass is 9.96. The summed E-state index contributed by atoms with van der Waals surface area (Å²) in [4.78, 5) is 26.7. The first-order valence-corrected chi connectivity index (χ1v) is 6.37. The second-order valence-corrected chi connectivity index (χ2v) is 5.14. The molecule has 2 rings (SSSR count). The molecule has 110 valence electrons. The van der Waals surface area contributed by atoms with Crippen LogP contribution in [-0.2, 0) is 10.5 Å². The molecule has 0 unspecified atom stereocenters. The van der Waals surface area contributed by atoms with Crippen molar-refractivity contribution in [3.05, 3.63) is 41.6 Å². The molecule has 1 aromatic heterocycles. The standard InChI is InChI=1S/C15H15FN2O3/c1-15(2,16)9-3-4-12-11(7-9)10(5-6-17-12)14(21)18-8-13(19)20/h3-7H,8H2,1-2H3,(H,18,21)(H,19,20). The summed E-state index contributed by atoms with van der Waals surface area (Å²) >= 11 is 0. The summed E-state index contributed by atoms with van der Waals surface area (Å²) in [6.45, 7) is 2.38. The number of nitrogens with one attached hydrogen (secondary N) is 1. The lowest BCUT2D eigenvalue weighted by Crippen LogP contribution is -2.29. The van der Waals surface area contributed by atoms with Gasteiger partial charge in [-0.3, -0.25) is 14.6 Å². The van der Waals surface area contributed by atoms with Crippen molar-refractivity contribution in [1.82, 2.24) is 10.3 Å². The van der Waals surface area contributed by atoms with E-state index in [1.165, 1.54) is 26.1 Å². The van der Waals surface area contributed by atoms with Gasteiger partial charge in [-0.1, -0.05) is 6.07 Å². The summed E-state index contributed by atoms with van der Waals surface area (Å²) in [6.07, 6.45) is 1.46. The molecule has 2 N–H and O–H groups in total. The number of alkyl halides is 1. The van der Waals surface area contributed by atoms with E-state index in [2.05, 4.69) is 10.3 Å². The molecule has 5 nitrogen and oxygen atoms in total. The average molecular weight is 290 g/mol. The first-order chi connectivity index (χ1) is 9.79. The van der Waals surface area contributed by atoms with Crippen molar-refractivity contribution >= 4 is 22.8 Å². The Kier molecular flexibility index (Phi) is 3.88. The van der Waals surface area contributed by atoms with Crippen LogP contribution in [0.15, 0.2) is 30.5 Å². The summed E-state index contributed by atoms with van der Waals surface area (Å²) in [5.41, 5.74) is -0.299. The molecule has 1 amide bonds. The zero-order chi connectivity index (χ0) is 15.6. The third-order valence-electron chi connectivity index (χ3n) is 3.07. The van der Waals surface area contributed by atoms with Crippen molar-refractivity contribution in [2.75, 3.05) is 6.54 Å². The number of carboxylic acid groups (broad SMARTS) is 1. The molecule has 21 heavy (non-hydrogen) atoms. The fourth-order valence-corrected chi connectivity index (χ4v) is 1.97. The Labute approximate surface area is 120 Å². The highest BCUT2D eigenvalue weighted by atomic mass is 19.1. The van der Waals surface area contributed by atoms with Gasteiger partial charge >= 0.3 is 5.97 Å². The van der Waals surface area contributed by atoms with E-state index in [9.17, 15) is 14.0 Å². The maximum absolute atomic E-state index is 14.0. The summed E-state index contributed by atoms with van der Waals surface area (Å²) in [6, 6.07) is 6.31. The predicted octanol–water partition coefficient (Wildman–Crippen LogP) is 2.25. The Morgan fingerprint density at radius 3 is 2.67 bits per heavy atom. The molecule has 0 aliphatic carbocycles. The van der Waals surface area contributed by atoms with Gasteiger partial charge in [-0.05, 0) is 37.6 Å². The summed E-state index contributed by atoms with van der Waals surface area (Å²) in [5.74, 6) is -1.66. The number of hydrogen-bond donors (Lipinski definition) is 2. The molecule has 0 aliphatic rings. The van der Waals surface area contributed by atoms with Crippen molar-refractivity contribution in [1.29, 1.82) is 0 Å². The third-order valence-corrected chi connectivity index (χ3v) is 3.07. The van der Waals surface area contributed by atoms with E-state index >= 15 is 0 Å². The van der Waals surface area contributed by atoms with Crippen molar-refractivity contribution < 1.29 is 19.1 Å². The van der Waals surface area contributed by atoms with E-state index in [1.807, 2.05) is 0 Å². The van der Waals surface area contributed by atoms with Gasteiger partial charge in [-0.25, -0.2) is 4.39 Å². The van der Waals surface area contributed by atoms with Crippen LogP contribution in [0.25, 0.3) is 10.9 Å². The van der Waals surface area contributed by atoms with E-state index in [0.29, 0.717) is 16.5 Å². The lowest BCUT2D eigenvalue weighted by molar-refractivity contribution is -0.135. The van der Waals surface area contributed by atoms with Gasteiger partial charge in [0.05, 0.1) is 11.1 Å². The molecule has 0 atom stereocenters. The summed E-state index contributed by atoms with van der Waals surface area (Å²) in [5, 5.41) is 11.4. The molecule has 2 aromatic rings. The molecular weight excluding hydrogens is 275 g/mol. The Morgan fingerprint density at radius 2 is 2.05 bits per heavy atom. The Hall–Kier alpha value is -2.50. The fraction of sp³-hybridized carbons (Fsp3) is 0.267. The fourth-order valence-electron chi connectivity index (χ4n) is 1.97. The van der Waals surface area contributed by atoms with Crippen LogP contribution in [0.5, 0.6) is 0 Å². The Morgan fingerprint density at radius 1 is 1.33 bits per heavy atom. The minimum atomic E-state index is -1.54. The average Bonchev–Trinajstić information content (AvgIpc) is 2.42. The van der Waals surface area contributed by atoms with Crippen LogP contribution in [-0.4, -0.2) is 28.5 Å². The number of carbonyl (C=O) groups excluding carboxylic acids is 1. The van der Waals surface area contributed by atoms with Gasteiger partial charge in [0.25, 0.3) is 5.91 Å². The maximum Gasteiger partial charge on any atom is 0.322 e. The smallest absolute Gasteiger partial charge is 0.322 e. The number of fused-ring (bicyclic) bond motifs is 1. The molecule has 6 heteroatoms. The number of halogens is 1. The van der Waals surface area contributed by atoms with Crippen LogP contribution in [0.3, 0.4) is 0 Å². The molecule has 1 heterocycles. The minimum Gasteiger partial charge on any atom is -0.480 e. The molecule has 0 saturated carbocycles. The quantitative estimate of drug-likeness (QED) is 0.905. The zero-order valence-electron chi connectivity index (χ0n) is 11.7. The van der Waals surface area contributed by atoms with Crippen molar-refractivity contribution in [2.45, 2.75) is 19.5 Å². The van der Waals surface area contributed by atoms with Crippen LogP contribution in [0.4, 0.5) is 4.39 Å². The number of rotatable bonds is 4. The molecular formula is C15H15FN2O3. The molecule has 0 aliphatic heterocycles. The number of amides is 1. The summed E-state index contributed by atoms with van der Waals surface area (Å²) < 4.78 is 14.0. The second-order valence-electron chi connectivity index (χ2n) is 5.14. The largest absolute Gasteiger partial charge is 0.480 e. The predicted molar refractivity (Wildman–Crippen MR) is 75.8 cm³/mol. The molecule has 0 spiro atoms. The highest BCUT2D eigenvalue weighted by molar-refractivity contribution is 6.06. The van der Waals surface area contributed by atoms with Crippen LogP contribution >= 0.6 is 0 Å². The number of hydrogen-bond acceptors (Lipinski definition) is 3. The van der Waals surface area contributed by atoms with Crippen LogP contribution < -0.4 is 5.32 Å². The van der Waals surface area contributed by atoms with E-state index in [0.717, 1.165) is 0 Å². The van der Waals surface area contributed by atoms with Gasteiger partial charge in [-0.2, -0.15) is 0 Å². The summed E-state index contributed by atoms with van der Waals surface area (Å²) in [7, 11) is 0. The lowest BCUT2D eigenvalue weighted by Gasteiger charge is -2.16. The van der Waals surface area contributed by atoms with Gasteiger partial charge in [-0.15, -0.1) is 0 Å². The van der Waals surface area contributed by atoms with Crippen molar-refractivity contribution in [3.8, 4) is 0 Å². The van der Waals surface area contributed by atoms with Gasteiger partial charge in [0.1, 0.15) is 12.2 Å². The minimum absolute atomic E-state index is 0.271. The van der Waals surface area contributed by atoms with Gasteiger partial charge in [0, 0.05) is 11.6 Å². The third kappa shape index (κ3) is 3.34. The normalized spacial score (nSPS) is 11.4. The molecule has 0 fully saturated rings. The van der Waals surface area contributed by atoms with Crippen molar-refractivity contribution in [2.24, 2.45) is 0 Å². The molecule has 0 bridgehead atoms. The highest BCUT2D eigenvalue weighted by Crippen LogP contribution is 2.28.